The van der Waals surface area contributed by atoms with Crippen LogP contribution in [0, 0.1) is 5.82 Å². The van der Waals surface area contributed by atoms with E-state index in [1.807, 2.05) is 6.07 Å². The zero-order chi connectivity index (χ0) is 13.9. The van der Waals surface area contributed by atoms with Gasteiger partial charge in [0.25, 0.3) is 0 Å². The van der Waals surface area contributed by atoms with Gasteiger partial charge in [0.05, 0.1) is 4.47 Å². The van der Waals surface area contributed by atoms with E-state index in [1.54, 1.807) is 6.07 Å². The molecule has 0 radical (unpaired) electrons. The predicted octanol–water partition coefficient (Wildman–Crippen LogP) is 4.93. The fourth-order valence-electron chi connectivity index (χ4n) is 2.81. The number of halogens is 2. The fraction of sp³-hybridized carbons (Fsp3) is 0.294. The maximum atomic E-state index is 13.6. The van der Waals surface area contributed by atoms with Crippen molar-refractivity contribution in [3.63, 3.8) is 0 Å². The Kier molecular flexibility index (Phi) is 4.06. The monoisotopic (exact) mass is 333 g/mol. The molecule has 0 aliphatic carbocycles. The molecule has 1 aliphatic heterocycles. The number of fused-ring (bicyclic) bond motifs is 1. The minimum Gasteiger partial charge on any atom is -0.367 e. The third-order valence-corrected chi connectivity index (χ3v) is 4.74. The van der Waals surface area contributed by atoms with Crippen molar-refractivity contribution in [3.05, 3.63) is 63.9 Å². The van der Waals surface area contributed by atoms with E-state index in [9.17, 15) is 4.39 Å². The van der Waals surface area contributed by atoms with E-state index < -0.39 is 0 Å². The molecule has 0 bridgehead atoms. The molecule has 0 atom stereocenters. The molecule has 2 aromatic rings. The maximum absolute atomic E-state index is 13.6. The van der Waals surface area contributed by atoms with Gasteiger partial charge in [0.2, 0.25) is 0 Å². The minimum absolute atomic E-state index is 0.189. The van der Waals surface area contributed by atoms with Gasteiger partial charge in [0, 0.05) is 18.8 Å². The molecule has 0 aromatic heterocycles. The number of aryl methyl sites for hydroxylation is 1. The number of hydrogen-bond donors (Lipinski definition) is 0. The predicted molar refractivity (Wildman–Crippen MR) is 84.5 cm³/mol. The van der Waals surface area contributed by atoms with Crippen LogP contribution in [-0.2, 0) is 13.0 Å². The lowest BCUT2D eigenvalue weighted by molar-refractivity contribution is 0.616. The van der Waals surface area contributed by atoms with Crippen molar-refractivity contribution in [2.75, 3.05) is 11.4 Å². The summed E-state index contributed by atoms with van der Waals surface area (Å²) in [5, 5.41) is 0. The highest BCUT2D eigenvalue weighted by molar-refractivity contribution is 9.10. The Morgan fingerprint density at radius 2 is 1.90 bits per heavy atom. The summed E-state index contributed by atoms with van der Waals surface area (Å²) in [6.45, 7) is 1.77. The smallest absolute Gasteiger partial charge is 0.137 e. The van der Waals surface area contributed by atoms with Crippen molar-refractivity contribution in [3.8, 4) is 0 Å². The lowest BCUT2D eigenvalue weighted by Crippen LogP contribution is -2.23. The molecule has 1 aliphatic rings. The number of benzene rings is 2. The van der Waals surface area contributed by atoms with Gasteiger partial charge in [-0.3, -0.25) is 0 Å². The molecule has 0 saturated carbocycles. The van der Waals surface area contributed by atoms with E-state index in [4.69, 9.17) is 0 Å². The van der Waals surface area contributed by atoms with Crippen molar-refractivity contribution >= 4 is 21.6 Å². The van der Waals surface area contributed by atoms with Gasteiger partial charge >= 0.3 is 0 Å². The SMILES string of the molecule is Fc1cccc(CN2CCCCc3ccccc32)c1Br. The second-order valence-electron chi connectivity index (χ2n) is 5.22. The van der Waals surface area contributed by atoms with Crippen LogP contribution in [-0.4, -0.2) is 6.54 Å². The fourth-order valence-corrected chi connectivity index (χ4v) is 3.20. The van der Waals surface area contributed by atoms with Crippen molar-refractivity contribution in [1.29, 1.82) is 0 Å². The van der Waals surface area contributed by atoms with Gasteiger partial charge in [-0.25, -0.2) is 4.39 Å². The van der Waals surface area contributed by atoms with Crippen molar-refractivity contribution < 1.29 is 4.39 Å². The van der Waals surface area contributed by atoms with E-state index in [1.165, 1.54) is 30.2 Å². The Labute approximate surface area is 127 Å². The molecule has 1 nitrogen and oxygen atoms in total. The first-order chi connectivity index (χ1) is 9.75. The summed E-state index contributed by atoms with van der Waals surface area (Å²) in [6.07, 6.45) is 3.54. The minimum atomic E-state index is -0.189. The average molecular weight is 334 g/mol. The van der Waals surface area contributed by atoms with Crippen LogP contribution in [0.5, 0.6) is 0 Å². The van der Waals surface area contributed by atoms with E-state index >= 15 is 0 Å². The quantitative estimate of drug-likeness (QED) is 0.753. The maximum Gasteiger partial charge on any atom is 0.137 e. The summed E-state index contributed by atoms with van der Waals surface area (Å²) in [4.78, 5) is 2.36. The number of rotatable bonds is 2. The summed E-state index contributed by atoms with van der Waals surface area (Å²) < 4.78 is 14.2. The Balaban J connectivity index is 1.92. The van der Waals surface area contributed by atoms with Crippen LogP contribution >= 0.6 is 15.9 Å². The van der Waals surface area contributed by atoms with Crippen LogP contribution in [0.4, 0.5) is 10.1 Å². The van der Waals surface area contributed by atoms with Crippen LogP contribution < -0.4 is 4.90 Å². The van der Waals surface area contributed by atoms with Gasteiger partial charge in [-0.15, -0.1) is 0 Å². The Bertz CT molecular complexity index is 612. The van der Waals surface area contributed by atoms with Crippen LogP contribution in [0.15, 0.2) is 46.9 Å². The largest absolute Gasteiger partial charge is 0.367 e. The molecule has 2 aromatic carbocycles. The Morgan fingerprint density at radius 3 is 2.80 bits per heavy atom. The highest BCUT2D eigenvalue weighted by Crippen LogP contribution is 2.29. The number of nitrogens with zero attached hydrogens (tertiary/aromatic N) is 1. The molecule has 1 heterocycles. The second-order valence-corrected chi connectivity index (χ2v) is 6.01. The molecule has 0 N–H and O–H groups in total. The Morgan fingerprint density at radius 1 is 1.05 bits per heavy atom. The average Bonchev–Trinajstić information content (AvgIpc) is 2.67. The summed E-state index contributed by atoms with van der Waals surface area (Å²) in [5.41, 5.74) is 3.69. The topological polar surface area (TPSA) is 3.24 Å². The second kappa shape index (κ2) is 5.96. The molecule has 3 heteroatoms. The summed E-state index contributed by atoms with van der Waals surface area (Å²) in [6, 6.07) is 13.8. The van der Waals surface area contributed by atoms with Gasteiger partial charge < -0.3 is 4.90 Å². The van der Waals surface area contributed by atoms with Gasteiger partial charge in [0.15, 0.2) is 0 Å². The third-order valence-electron chi connectivity index (χ3n) is 3.85. The highest BCUT2D eigenvalue weighted by atomic mass is 79.9. The number of anilines is 1. The molecular weight excluding hydrogens is 317 g/mol. The number of para-hydroxylation sites is 1. The van der Waals surface area contributed by atoms with E-state index in [2.05, 4.69) is 45.1 Å². The lowest BCUT2D eigenvalue weighted by Gasteiger charge is -2.25. The van der Waals surface area contributed by atoms with E-state index in [0.29, 0.717) is 4.47 Å². The molecular formula is C17H17BrFN. The molecule has 3 rings (SSSR count). The number of hydrogen-bond acceptors (Lipinski definition) is 1. The first-order valence-corrected chi connectivity index (χ1v) is 7.81. The molecule has 0 amide bonds. The first kappa shape index (κ1) is 13.6. The third kappa shape index (κ3) is 2.73. The molecule has 0 fully saturated rings. The van der Waals surface area contributed by atoms with Crippen molar-refractivity contribution in [2.45, 2.75) is 25.8 Å². The molecule has 20 heavy (non-hydrogen) atoms. The molecule has 0 spiro atoms. The van der Waals surface area contributed by atoms with Crippen LogP contribution in [0.1, 0.15) is 24.0 Å². The summed E-state index contributed by atoms with van der Waals surface area (Å²) in [5.74, 6) is -0.189. The van der Waals surface area contributed by atoms with Crippen molar-refractivity contribution in [2.24, 2.45) is 0 Å². The standard InChI is InChI=1S/C17H17BrFN/c18-17-14(8-5-9-15(17)19)12-20-11-4-3-7-13-6-1-2-10-16(13)20/h1-2,5-6,8-10H,3-4,7,11-12H2. The highest BCUT2D eigenvalue weighted by Gasteiger charge is 2.16. The lowest BCUT2D eigenvalue weighted by atomic mass is 10.1. The van der Waals surface area contributed by atoms with E-state index in [0.717, 1.165) is 25.1 Å². The first-order valence-electron chi connectivity index (χ1n) is 7.01. The van der Waals surface area contributed by atoms with Crippen LogP contribution in [0.25, 0.3) is 0 Å². The summed E-state index contributed by atoms with van der Waals surface area (Å²) >= 11 is 3.36. The molecule has 0 unspecified atom stereocenters. The van der Waals surface area contributed by atoms with Crippen LogP contribution in [0.3, 0.4) is 0 Å². The Hall–Kier alpha value is -1.35. The zero-order valence-corrected chi connectivity index (χ0v) is 12.9. The normalized spacial score (nSPS) is 14.8. The van der Waals surface area contributed by atoms with Gasteiger partial charge in [-0.2, -0.15) is 0 Å². The van der Waals surface area contributed by atoms with Crippen LogP contribution in [0.2, 0.25) is 0 Å². The zero-order valence-electron chi connectivity index (χ0n) is 11.3. The van der Waals surface area contributed by atoms with E-state index in [-0.39, 0.29) is 5.82 Å². The molecule has 0 saturated heterocycles. The summed E-state index contributed by atoms with van der Waals surface area (Å²) in [7, 11) is 0. The van der Waals surface area contributed by atoms with Crippen molar-refractivity contribution in [1.82, 2.24) is 0 Å². The van der Waals surface area contributed by atoms with Gasteiger partial charge in [-0.1, -0.05) is 30.3 Å². The van der Waals surface area contributed by atoms with Gasteiger partial charge in [-0.05, 0) is 58.5 Å². The van der Waals surface area contributed by atoms with Gasteiger partial charge in [0.1, 0.15) is 5.82 Å². The molecule has 104 valence electrons.